The highest BCUT2D eigenvalue weighted by Crippen LogP contribution is 2.25. The zero-order valence-electron chi connectivity index (χ0n) is 17.4. The second-order valence-electron chi connectivity index (χ2n) is 7.45. The first-order valence-corrected chi connectivity index (χ1v) is 11.7. The Labute approximate surface area is 192 Å². The summed E-state index contributed by atoms with van der Waals surface area (Å²) in [6.45, 7) is 4.91. The van der Waals surface area contributed by atoms with Crippen LogP contribution in [0.2, 0.25) is 0 Å². The standard InChI is InChI=1S/C20H34N4O3S.HI/c1-17(15-27-16-19-7-4-3-5-8-19)13-23-20(21-2)22-11-12-28(25,26)24-14-18-9-6-10-18;/h3-5,7-8,17-18,24H,6,9-16H2,1-2H3,(H2,21,22,23);1H. The van der Waals surface area contributed by atoms with Crippen LogP contribution in [0.4, 0.5) is 0 Å². The number of rotatable bonds is 12. The SMILES string of the molecule is CN=C(NCCS(=O)(=O)NCC1CCC1)NCC(C)COCc1ccccc1.I. The lowest BCUT2D eigenvalue weighted by molar-refractivity contribution is 0.0931. The summed E-state index contributed by atoms with van der Waals surface area (Å²) in [5.41, 5.74) is 1.16. The van der Waals surface area contributed by atoms with Gasteiger partial charge in [0.25, 0.3) is 0 Å². The molecule has 1 aliphatic rings. The number of aliphatic imine (C=N–C) groups is 1. The van der Waals surface area contributed by atoms with Crippen LogP contribution >= 0.6 is 24.0 Å². The molecule has 0 bridgehead atoms. The summed E-state index contributed by atoms with van der Waals surface area (Å²) in [6.07, 6.45) is 3.47. The fourth-order valence-corrected chi connectivity index (χ4v) is 3.83. The topological polar surface area (TPSA) is 91.8 Å². The monoisotopic (exact) mass is 538 g/mol. The van der Waals surface area contributed by atoms with Crippen molar-refractivity contribution in [3.05, 3.63) is 35.9 Å². The van der Waals surface area contributed by atoms with Gasteiger partial charge in [-0.2, -0.15) is 0 Å². The van der Waals surface area contributed by atoms with Crippen molar-refractivity contribution in [2.24, 2.45) is 16.8 Å². The summed E-state index contributed by atoms with van der Waals surface area (Å²) in [7, 11) is -1.57. The number of hydrogen-bond donors (Lipinski definition) is 3. The van der Waals surface area contributed by atoms with E-state index in [0.717, 1.165) is 18.4 Å². The van der Waals surface area contributed by atoms with Crippen LogP contribution in [0, 0.1) is 11.8 Å². The predicted octanol–water partition coefficient (Wildman–Crippen LogP) is 2.34. The molecule has 1 fully saturated rings. The molecule has 1 aromatic carbocycles. The summed E-state index contributed by atoms with van der Waals surface area (Å²) in [5, 5.41) is 6.27. The lowest BCUT2D eigenvalue weighted by Crippen LogP contribution is -2.43. The summed E-state index contributed by atoms with van der Waals surface area (Å²) < 4.78 is 32.5. The number of halogens is 1. The van der Waals surface area contributed by atoms with Crippen molar-refractivity contribution in [3.8, 4) is 0 Å². The minimum absolute atomic E-state index is 0. The van der Waals surface area contributed by atoms with Gasteiger partial charge in [0.05, 0.1) is 19.0 Å². The van der Waals surface area contributed by atoms with Crippen LogP contribution in [0.15, 0.2) is 35.3 Å². The van der Waals surface area contributed by atoms with Gasteiger partial charge in [-0.3, -0.25) is 4.99 Å². The highest BCUT2D eigenvalue weighted by Gasteiger charge is 2.20. The van der Waals surface area contributed by atoms with E-state index in [1.165, 1.54) is 6.42 Å². The third-order valence-corrected chi connectivity index (χ3v) is 6.18. The number of nitrogens with one attached hydrogen (secondary N) is 3. The lowest BCUT2D eigenvalue weighted by atomic mass is 9.86. The second kappa shape index (κ2) is 14.2. The Hall–Kier alpha value is -0.910. The van der Waals surface area contributed by atoms with Gasteiger partial charge in [-0.1, -0.05) is 43.7 Å². The van der Waals surface area contributed by atoms with E-state index in [0.29, 0.717) is 50.6 Å². The number of ether oxygens (including phenoxy) is 1. The Bertz CT molecular complexity index is 697. The van der Waals surface area contributed by atoms with Crippen molar-refractivity contribution in [1.29, 1.82) is 0 Å². The number of hydrogen-bond acceptors (Lipinski definition) is 4. The third-order valence-electron chi connectivity index (χ3n) is 4.84. The Morgan fingerprint density at radius 1 is 1.24 bits per heavy atom. The number of benzene rings is 1. The van der Waals surface area contributed by atoms with Crippen LogP contribution in [0.25, 0.3) is 0 Å². The molecule has 2 rings (SSSR count). The van der Waals surface area contributed by atoms with E-state index in [2.05, 4.69) is 27.3 Å². The lowest BCUT2D eigenvalue weighted by Gasteiger charge is -2.25. The van der Waals surface area contributed by atoms with Gasteiger partial charge in [0.1, 0.15) is 0 Å². The molecule has 1 atom stereocenters. The van der Waals surface area contributed by atoms with Crippen LogP contribution in [-0.2, 0) is 21.4 Å². The predicted molar refractivity (Wildman–Crippen MR) is 129 cm³/mol. The van der Waals surface area contributed by atoms with Gasteiger partial charge in [-0.15, -0.1) is 24.0 Å². The van der Waals surface area contributed by atoms with Crippen LogP contribution in [0.3, 0.4) is 0 Å². The molecule has 0 aromatic heterocycles. The molecule has 1 unspecified atom stereocenters. The summed E-state index contributed by atoms with van der Waals surface area (Å²) >= 11 is 0. The highest BCUT2D eigenvalue weighted by molar-refractivity contribution is 14.0. The third kappa shape index (κ3) is 11.2. The molecular formula is C20H35IN4O3S. The fraction of sp³-hybridized carbons (Fsp3) is 0.650. The first-order chi connectivity index (χ1) is 13.5. The summed E-state index contributed by atoms with van der Waals surface area (Å²) in [6, 6.07) is 10.1. The van der Waals surface area contributed by atoms with E-state index in [9.17, 15) is 8.42 Å². The molecule has 0 saturated heterocycles. The van der Waals surface area contributed by atoms with Crippen LogP contribution < -0.4 is 15.4 Å². The first-order valence-electron chi connectivity index (χ1n) is 10.0. The number of nitrogens with zero attached hydrogens (tertiary/aromatic N) is 1. The fourth-order valence-electron chi connectivity index (χ4n) is 2.82. The van der Waals surface area contributed by atoms with Crippen molar-refractivity contribution in [2.75, 3.05) is 39.0 Å². The van der Waals surface area contributed by atoms with Gasteiger partial charge >= 0.3 is 0 Å². The van der Waals surface area contributed by atoms with Crippen molar-refractivity contribution >= 4 is 40.0 Å². The zero-order chi connectivity index (χ0) is 20.2. The molecular weight excluding hydrogens is 503 g/mol. The average molecular weight is 538 g/mol. The summed E-state index contributed by atoms with van der Waals surface area (Å²) in [5.74, 6) is 1.46. The molecule has 166 valence electrons. The Morgan fingerprint density at radius 2 is 1.97 bits per heavy atom. The molecule has 0 amide bonds. The molecule has 1 saturated carbocycles. The minimum atomic E-state index is -3.24. The Morgan fingerprint density at radius 3 is 2.59 bits per heavy atom. The normalized spacial score (nSPS) is 15.9. The average Bonchev–Trinajstić information content (AvgIpc) is 2.64. The Balaban J connectivity index is 0.00000420. The van der Waals surface area contributed by atoms with Gasteiger partial charge in [-0.05, 0) is 30.2 Å². The van der Waals surface area contributed by atoms with Crippen LogP contribution in [0.5, 0.6) is 0 Å². The quantitative estimate of drug-likeness (QED) is 0.216. The molecule has 0 radical (unpaired) electrons. The Kier molecular flexibility index (Phi) is 12.8. The van der Waals surface area contributed by atoms with Gasteiger partial charge in [0, 0.05) is 26.7 Å². The van der Waals surface area contributed by atoms with Gasteiger partial charge in [-0.25, -0.2) is 13.1 Å². The minimum Gasteiger partial charge on any atom is -0.376 e. The van der Waals surface area contributed by atoms with E-state index in [4.69, 9.17) is 4.74 Å². The van der Waals surface area contributed by atoms with Crippen molar-refractivity contribution in [2.45, 2.75) is 32.8 Å². The van der Waals surface area contributed by atoms with Crippen LogP contribution in [0.1, 0.15) is 31.7 Å². The smallest absolute Gasteiger partial charge is 0.213 e. The molecule has 0 aliphatic heterocycles. The largest absolute Gasteiger partial charge is 0.376 e. The van der Waals surface area contributed by atoms with E-state index in [-0.39, 0.29) is 29.7 Å². The van der Waals surface area contributed by atoms with Gasteiger partial charge < -0.3 is 15.4 Å². The second-order valence-corrected chi connectivity index (χ2v) is 9.38. The van der Waals surface area contributed by atoms with Gasteiger partial charge in [0.2, 0.25) is 10.0 Å². The number of sulfonamides is 1. The van der Waals surface area contributed by atoms with E-state index in [1.807, 2.05) is 30.3 Å². The van der Waals surface area contributed by atoms with E-state index in [1.54, 1.807) is 7.05 Å². The molecule has 29 heavy (non-hydrogen) atoms. The van der Waals surface area contributed by atoms with E-state index < -0.39 is 10.0 Å². The maximum Gasteiger partial charge on any atom is 0.213 e. The molecule has 1 aliphatic carbocycles. The molecule has 0 spiro atoms. The van der Waals surface area contributed by atoms with Crippen molar-refractivity contribution in [3.63, 3.8) is 0 Å². The highest BCUT2D eigenvalue weighted by atomic mass is 127. The number of guanidine groups is 1. The summed E-state index contributed by atoms with van der Waals surface area (Å²) in [4.78, 5) is 4.14. The van der Waals surface area contributed by atoms with E-state index >= 15 is 0 Å². The molecule has 7 nitrogen and oxygen atoms in total. The van der Waals surface area contributed by atoms with Crippen molar-refractivity contribution < 1.29 is 13.2 Å². The maximum atomic E-state index is 12.0. The molecule has 3 N–H and O–H groups in total. The molecule has 0 heterocycles. The van der Waals surface area contributed by atoms with Crippen LogP contribution in [-0.4, -0.2) is 53.4 Å². The first kappa shape index (κ1) is 26.1. The van der Waals surface area contributed by atoms with Crippen molar-refractivity contribution in [1.82, 2.24) is 15.4 Å². The molecule has 1 aromatic rings. The maximum absolute atomic E-state index is 12.0. The zero-order valence-corrected chi connectivity index (χ0v) is 20.5. The molecule has 9 heteroatoms. The van der Waals surface area contributed by atoms with Gasteiger partial charge in [0.15, 0.2) is 5.96 Å².